The van der Waals surface area contributed by atoms with Crippen LogP contribution in [-0.4, -0.2) is 26.3 Å². The van der Waals surface area contributed by atoms with Crippen molar-refractivity contribution in [3.63, 3.8) is 0 Å². The smallest absolute Gasteiger partial charge is 0.141 e. The normalized spacial score (nSPS) is 14.2. The van der Waals surface area contributed by atoms with Gasteiger partial charge in [0.05, 0.1) is 6.04 Å². The van der Waals surface area contributed by atoms with Crippen LogP contribution in [0.1, 0.15) is 37.7 Å². The standard InChI is InChI=1S/C14H20N4O/c1-10(17-11(2)14-15-9-16-18-14)3-4-12-5-7-13(19)8-6-12/h5-11,17,19H,3-4H2,1-2H3,(H,15,16,18). The summed E-state index contributed by atoms with van der Waals surface area (Å²) < 4.78 is 0. The molecule has 3 N–H and O–H groups in total. The molecule has 0 spiro atoms. The van der Waals surface area contributed by atoms with Gasteiger partial charge in [0.1, 0.15) is 17.9 Å². The number of phenolic OH excluding ortho intramolecular Hbond substituents is 1. The number of nitrogens with one attached hydrogen (secondary N) is 2. The van der Waals surface area contributed by atoms with Crippen LogP contribution >= 0.6 is 0 Å². The van der Waals surface area contributed by atoms with Crippen molar-refractivity contribution in [2.75, 3.05) is 0 Å². The molecular weight excluding hydrogens is 240 g/mol. The fraction of sp³-hybridized carbons (Fsp3) is 0.429. The van der Waals surface area contributed by atoms with Crippen LogP contribution in [0.3, 0.4) is 0 Å². The summed E-state index contributed by atoms with van der Waals surface area (Å²) in [4.78, 5) is 4.14. The van der Waals surface area contributed by atoms with Crippen molar-refractivity contribution in [3.8, 4) is 5.75 Å². The molecule has 5 heteroatoms. The van der Waals surface area contributed by atoms with E-state index in [0.29, 0.717) is 11.8 Å². The fourth-order valence-corrected chi connectivity index (χ4v) is 2.06. The molecule has 2 atom stereocenters. The molecule has 1 aromatic heterocycles. The second-order valence-electron chi connectivity index (χ2n) is 4.87. The van der Waals surface area contributed by atoms with E-state index in [2.05, 4.69) is 34.3 Å². The van der Waals surface area contributed by atoms with Gasteiger partial charge in [0.2, 0.25) is 0 Å². The molecule has 5 nitrogen and oxygen atoms in total. The van der Waals surface area contributed by atoms with Crippen molar-refractivity contribution in [2.24, 2.45) is 0 Å². The van der Waals surface area contributed by atoms with E-state index in [0.717, 1.165) is 18.7 Å². The molecule has 0 saturated carbocycles. The van der Waals surface area contributed by atoms with Crippen molar-refractivity contribution < 1.29 is 5.11 Å². The molecule has 0 aliphatic carbocycles. The van der Waals surface area contributed by atoms with Crippen molar-refractivity contribution in [2.45, 2.75) is 38.8 Å². The molecule has 0 fully saturated rings. The third kappa shape index (κ3) is 4.06. The number of aromatic hydroxyl groups is 1. The van der Waals surface area contributed by atoms with Gasteiger partial charge in [-0.05, 0) is 44.4 Å². The van der Waals surface area contributed by atoms with Gasteiger partial charge >= 0.3 is 0 Å². The van der Waals surface area contributed by atoms with Gasteiger partial charge in [-0.25, -0.2) is 4.98 Å². The molecule has 0 bridgehead atoms. The molecule has 0 aliphatic heterocycles. The molecular formula is C14H20N4O. The topological polar surface area (TPSA) is 73.8 Å². The predicted molar refractivity (Wildman–Crippen MR) is 73.8 cm³/mol. The zero-order chi connectivity index (χ0) is 13.7. The van der Waals surface area contributed by atoms with Gasteiger partial charge in [0, 0.05) is 6.04 Å². The van der Waals surface area contributed by atoms with Crippen LogP contribution in [0.2, 0.25) is 0 Å². The van der Waals surface area contributed by atoms with Gasteiger partial charge < -0.3 is 10.4 Å². The van der Waals surface area contributed by atoms with E-state index in [9.17, 15) is 5.11 Å². The van der Waals surface area contributed by atoms with Crippen LogP contribution in [0.5, 0.6) is 5.75 Å². The van der Waals surface area contributed by atoms with E-state index in [1.165, 1.54) is 11.9 Å². The number of rotatable bonds is 6. The Labute approximate surface area is 113 Å². The Balaban J connectivity index is 1.78. The average Bonchev–Trinajstić information content (AvgIpc) is 2.92. The van der Waals surface area contributed by atoms with Gasteiger partial charge in [0.15, 0.2) is 0 Å². The molecule has 1 heterocycles. The van der Waals surface area contributed by atoms with E-state index in [1.54, 1.807) is 12.1 Å². The maximum absolute atomic E-state index is 9.23. The quantitative estimate of drug-likeness (QED) is 0.744. The lowest BCUT2D eigenvalue weighted by Gasteiger charge is -2.18. The summed E-state index contributed by atoms with van der Waals surface area (Å²) in [6.07, 6.45) is 3.54. The molecule has 19 heavy (non-hydrogen) atoms. The third-order valence-corrected chi connectivity index (χ3v) is 3.18. The lowest BCUT2D eigenvalue weighted by atomic mass is 10.1. The Kier molecular flexibility index (Phi) is 4.52. The maximum Gasteiger partial charge on any atom is 0.141 e. The first-order valence-corrected chi connectivity index (χ1v) is 6.54. The molecule has 2 unspecified atom stereocenters. The summed E-state index contributed by atoms with van der Waals surface area (Å²) in [5, 5.41) is 19.4. The van der Waals surface area contributed by atoms with E-state index in [4.69, 9.17) is 0 Å². The first-order chi connectivity index (χ1) is 9.15. The summed E-state index contributed by atoms with van der Waals surface area (Å²) in [6, 6.07) is 7.92. The molecule has 1 aromatic carbocycles. The second kappa shape index (κ2) is 6.33. The summed E-state index contributed by atoms with van der Waals surface area (Å²) in [5.74, 6) is 1.17. The number of nitrogens with zero attached hydrogens (tertiary/aromatic N) is 2. The van der Waals surface area contributed by atoms with Crippen molar-refractivity contribution >= 4 is 0 Å². The molecule has 2 rings (SSSR count). The third-order valence-electron chi connectivity index (χ3n) is 3.18. The van der Waals surface area contributed by atoms with Crippen molar-refractivity contribution in [3.05, 3.63) is 42.0 Å². The largest absolute Gasteiger partial charge is 0.508 e. The van der Waals surface area contributed by atoms with Crippen LogP contribution < -0.4 is 5.32 Å². The van der Waals surface area contributed by atoms with Crippen LogP contribution in [0.4, 0.5) is 0 Å². The number of aryl methyl sites for hydroxylation is 1. The van der Waals surface area contributed by atoms with E-state index in [1.807, 2.05) is 12.1 Å². The molecule has 102 valence electrons. The zero-order valence-electron chi connectivity index (χ0n) is 11.3. The number of hydrogen-bond donors (Lipinski definition) is 3. The summed E-state index contributed by atoms with van der Waals surface area (Å²) >= 11 is 0. The van der Waals surface area contributed by atoms with Gasteiger partial charge in [-0.2, -0.15) is 5.10 Å². The SMILES string of the molecule is CC(CCc1ccc(O)cc1)NC(C)c1ncn[nH]1. The first kappa shape index (κ1) is 13.5. The highest BCUT2D eigenvalue weighted by molar-refractivity contribution is 5.25. The van der Waals surface area contributed by atoms with Crippen LogP contribution in [0.25, 0.3) is 0 Å². The Bertz CT molecular complexity index is 481. The number of hydrogen-bond acceptors (Lipinski definition) is 4. The van der Waals surface area contributed by atoms with E-state index >= 15 is 0 Å². The maximum atomic E-state index is 9.23. The predicted octanol–water partition coefficient (Wildman–Crippen LogP) is 2.18. The minimum Gasteiger partial charge on any atom is -0.508 e. The minimum atomic E-state index is 0.164. The van der Waals surface area contributed by atoms with Gasteiger partial charge in [-0.3, -0.25) is 5.10 Å². The average molecular weight is 260 g/mol. The second-order valence-corrected chi connectivity index (χ2v) is 4.87. The van der Waals surface area contributed by atoms with Gasteiger partial charge in [-0.1, -0.05) is 12.1 Å². The Hall–Kier alpha value is -1.88. The summed E-state index contributed by atoms with van der Waals surface area (Å²) in [5.41, 5.74) is 1.23. The Morgan fingerprint density at radius 1 is 1.26 bits per heavy atom. The molecule has 2 aromatic rings. The van der Waals surface area contributed by atoms with Crippen LogP contribution in [-0.2, 0) is 6.42 Å². The molecule has 0 saturated heterocycles. The molecule has 0 aliphatic rings. The van der Waals surface area contributed by atoms with E-state index in [-0.39, 0.29) is 6.04 Å². The van der Waals surface area contributed by atoms with Gasteiger partial charge in [0.25, 0.3) is 0 Å². The summed E-state index contributed by atoms with van der Waals surface area (Å²) in [7, 11) is 0. The number of aromatic amines is 1. The number of aromatic nitrogens is 3. The Morgan fingerprint density at radius 2 is 2.00 bits per heavy atom. The fourth-order valence-electron chi connectivity index (χ4n) is 2.06. The van der Waals surface area contributed by atoms with Crippen molar-refractivity contribution in [1.29, 1.82) is 0 Å². The lowest BCUT2D eigenvalue weighted by Crippen LogP contribution is -2.30. The number of benzene rings is 1. The van der Waals surface area contributed by atoms with Crippen molar-refractivity contribution in [1.82, 2.24) is 20.5 Å². The van der Waals surface area contributed by atoms with E-state index < -0.39 is 0 Å². The highest BCUT2D eigenvalue weighted by atomic mass is 16.3. The van der Waals surface area contributed by atoms with Crippen LogP contribution in [0, 0.1) is 0 Å². The van der Waals surface area contributed by atoms with Gasteiger partial charge in [-0.15, -0.1) is 0 Å². The lowest BCUT2D eigenvalue weighted by molar-refractivity contribution is 0.443. The Morgan fingerprint density at radius 3 is 2.63 bits per heavy atom. The first-order valence-electron chi connectivity index (χ1n) is 6.54. The zero-order valence-corrected chi connectivity index (χ0v) is 11.3. The highest BCUT2D eigenvalue weighted by Crippen LogP contribution is 2.13. The highest BCUT2D eigenvalue weighted by Gasteiger charge is 2.11. The van der Waals surface area contributed by atoms with Crippen LogP contribution in [0.15, 0.2) is 30.6 Å². The number of phenols is 1. The molecule has 0 radical (unpaired) electrons. The summed E-state index contributed by atoms with van der Waals surface area (Å²) in [6.45, 7) is 4.23. The minimum absolute atomic E-state index is 0.164. The number of H-pyrrole nitrogens is 1. The monoisotopic (exact) mass is 260 g/mol. The molecule has 0 amide bonds.